The lowest BCUT2D eigenvalue weighted by atomic mass is 9.69. The highest BCUT2D eigenvalue weighted by Crippen LogP contribution is 2.48. The molecule has 1 aliphatic heterocycles. The smallest absolute Gasteiger partial charge is 0.306 e. The second kappa shape index (κ2) is 10.1. The molecule has 0 aromatic heterocycles. The molecule has 5 atom stereocenters. The quantitative estimate of drug-likeness (QED) is 0.444. The number of unbranched alkanes of at least 4 members (excludes halogenated alkanes) is 1. The maximum atomic E-state index is 12.4. The molecule has 0 saturated carbocycles. The van der Waals surface area contributed by atoms with Crippen molar-refractivity contribution < 1.29 is 14.4 Å². The number of hydrogen-bond donors (Lipinski definition) is 0. The van der Waals surface area contributed by atoms with Crippen molar-refractivity contribution in [1.29, 1.82) is 0 Å². The van der Waals surface area contributed by atoms with Gasteiger partial charge in [-0.2, -0.15) is 5.06 Å². The molecule has 5 unspecified atom stereocenters. The minimum atomic E-state index is -0.220. The Balaban J connectivity index is 2.28. The lowest BCUT2D eigenvalue weighted by Gasteiger charge is -2.59. The Kier molecular flexibility index (Phi) is 8.30. The summed E-state index contributed by atoms with van der Waals surface area (Å²) < 4.78 is 6.02. The van der Waals surface area contributed by atoms with Crippen molar-refractivity contribution in [1.82, 2.24) is 5.06 Å². The monoisotopic (exact) mass is 403 g/mol. The average Bonchev–Trinajstić information content (AvgIpc) is 2.74. The zero-order valence-electron chi connectivity index (χ0n) is 19.5. The van der Waals surface area contributed by atoms with E-state index in [0.29, 0.717) is 6.42 Å². The molecule has 1 saturated heterocycles. The fourth-order valence-electron chi connectivity index (χ4n) is 4.53. The predicted molar refractivity (Wildman–Crippen MR) is 118 cm³/mol. The van der Waals surface area contributed by atoms with Crippen molar-refractivity contribution in [3.8, 4) is 0 Å². The number of rotatable bonds is 9. The van der Waals surface area contributed by atoms with Crippen LogP contribution in [-0.4, -0.2) is 28.2 Å². The standard InChI is InChI=1S/C25H41NO3/c1-8-11-17-23(27)28-22-18-24(6,9-2)26(25(7,10-3)19(22)4)29-20(5)21-15-13-12-14-16-21/h12-16,19-20,22H,8-11,17-18H2,1-7H3. The minimum absolute atomic E-state index is 0.0381. The van der Waals surface area contributed by atoms with Crippen LogP contribution >= 0.6 is 0 Å². The zero-order valence-corrected chi connectivity index (χ0v) is 19.5. The lowest BCUT2D eigenvalue weighted by Crippen LogP contribution is -2.68. The summed E-state index contributed by atoms with van der Waals surface area (Å²) in [4.78, 5) is 19.1. The summed E-state index contributed by atoms with van der Waals surface area (Å²) in [6.45, 7) is 15.3. The molecule has 1 fully saturated rings. The number of ether oxygens (including phenoxy) is 1. The van der Waals surface area contributed by atoms with Gasteiger partial charge in [0.2, 0.25) is 0 Å². The van der Waals surface area contributed by atoms with Gasteiger partial charge in [0.05, 0.1) is 0 Å². The van der Waals surface area contributed by atoms with Crippen LogP contribution in [0.2, 0.25) is 0 Å². The first-order valence-electron chi connectivity index (χ1n) is 11.4. The first kappa shape index (κ1) is 23.9. The van der Waals surface area contributed by atoms with E-state index in [0.717, 1.165) is 32.1 Å². The average molecular weight is 404 g/mol. The van der Waals surface area contributed by atoms with Crippen molar-refractivity contribution >= 4 is 5.97 Å². The van der Waals surface area contributed by atoms with E-state index in [4.69, 9.17) is 9.57 Å². The molecule has 4 heteroatoms. The van der Waals surface area contributed by atoms with E-state index >= 15 is 0 Å². The summed E-state index contributed by atoms with van der Waals surface area (Å²) in [5.74, 6) is 0.119. The first-order chi connectivity index (χ1) is 13.7. The normalized spacial score (nSPS) is 31.4. The van der Waals surface area contributed by atoms with E-state index in [2.05, 4.69) is 77.8 Å². The van der Waals surface area contributed by atoms with Gasteiger partial charge < -0.3 is 4.74 Å². The number of nitrogens with zero attached hydrogens (tertiary/aromatic N) is 1. The fraction of sp³-hybridized carbons (Fsp3) is 0.720. The maximum Gasteiger partial charge on any atom is 0.306 e. The molecule has 0 N–H and O–H groups in total. The number of benzene rings is 1. The molecule has 29 heavy (non-hydrogen) atoms. The molecule has 1 aromatic carbocycles. The zero-order chi connectivity index (χ0) is 21.7. The van der Waals surface area contributed by atoms with Gasteiger partial charge in [-0.15, -0.1) is 0 Å². The molecule has 4 nitrogen and oxygen atoms in total. The maximum absolute atomic E-state index is 12.4. The molecular weight excluding hydrogens is 362 g/mol. The number of piperidine rings is 1. The van der Waals surface area contributed by atoms with Gasteiger partial charge >= 0.3 is 5.97 Å². The Morgan fingerprint density at radius 2 is 1.83 bits per heavy atom. The Labute approximate surface area is 177 Å². The third-order valence-electron chi connectivity index (χ3n) is 7.16. The summed E-state index contributed by atoms with van der Waals surface area (Å²) >= 11 is 0. The number of hydrogen-bond acceptors (Lipinski definition) is 4. The van der Waals surface area contributed by atoms with Crippen LogP contribution in [-0.2, 0) is 14.4 Å². The number of hydroxylamine groups is 2. The van der Waals surface area contributed by atoms with Gasteiger partial charge in [0.25, 0.3) is 0 Å². The predicted octanol–water partition coefficient (Wildman–Crippen LogP) is 6.46. The fourth-order valence-corrected chi connectivity index (χ4v) is 4.53. The number of esters is 1. The molecule has 164 valence electrons. The molecule has 0 aliphatic carbocycles. The Morgan fingerprint density at radius 3 is 2.38 bits per heavy atom. The van der Waals surface area contributed by atoms with Crippen LogP contribution in [0.25, 0.3) is 0 Å². The van der Waals surface area contributed by atoms with E-state index in [1.165, 1.54) is 5.56 Å². The van der Waals surface area contributed by atoms with E-state index < -0.39 is 0 Å². The Hall–Kier alpha value is -1.39. The van der Waals surface area contributed by atoms with E-state index in [9.17, 15) is 4.79 Å². The van der Waals surface area contributed by atoms with E-state index in [-0.39, 0.29) is 35.2 Å². The summed E-state index contributed by atoms with van der Waals surface area (Å²) in [7, 11) is 0. The second-order valence-electron chi connectivity index (χ2n) is 9.14. The highest BCUT2D eigenvalue weighted by Gasteiger charge is 2.55. The van der Waals surface area contributed by atoms with Crippen molar-refractivity contribution in [2.24, 2.45) is 5.92 Å². The van der Waals surface area contributed by atoms with Crippen LogP contribution in [0.1, 0.15) is 98.7 Å². The summed E-state index contributed by atoms with van der Waals surface area (Å²) in [5.41, 5.74) is 0.753. The molecule has 1 heterocycles. The van der Waals surface area contributed by atoms with Crippen LogP contribution < -0.4 is 0 Å². The summed E-state index contributed by atoms with van der Waals surface area (Å²) in [6.07, 6.45) is 4.93. The largest absolute Gasteiger partial charge is 0.462 e. The molecular formula is C25H41NO3. The third-order valence-corrected chi connectivity index (χ3v) is 7.16. The SMILES string of the molecule is CCCCC(=O)OC1CC(C)(CC)N(OC(C)c2ccccc2)C(C)(CC)C1C. The molecule has 0 radical (unpaired) electrons. The first-order valence-corrected chi connectivity index (χ1v) is 11.4. The van der Waals surface area contributed by atoms with E-state index in [1.807, 2.05) is 6.07 Å². The molecule has 1 aliphatic rings. The minimum Gasteiger partial charge on any atom is -0.462 e. The van der Waals surface area contributed by atoms with Gasteiger partial charge in [0.15, 0.2) is 0 Å². The van der Waals surface area contributed by atoms with Crippen molar-refractivity contribution in [2.75, 3.05) is 0 Å². The number of carbonyl (C=O) groups excluding carboxylic acids is 1. The van der Waals surface area contributed by atoms with Gasteiger partial charge in [-0.3, -0.25) is 9.63 Å². The van der Waals surface area contributed by atoms with Gasteiger partial charge in [-0.25, -0.2) is 0 Å². The molecule has 0 amide bonds. The molecule has 0 spiro atoms. The van der Waals surface area contributed by atoms with Gasteiger partial charge in [-0.1, -0.05) is 64.4 Å². The van der Waals surface area contributed by atoms with Crippen LogP contribution in [0.4, 0.5) is 0 Å². The summed E-state index contributed by atoms with van der Waals surface area (Å²) in [5, 5.41) is 2.25. The highest BCUT2D eigenvalue weighted by molar-refractivity contribution is 5.69. The van der Waals surface area contributed by atoms with Gasteiger partial charge in [0, 0.05) is 29.8 Å². The van der Waals surface area contributed by atoms with Crippen LogP contribution in [0.3, 0.4) is 0 Å². The van der Waals surface area contributed by atoms with Crippen molar-refractivity contribution in [3.05, 3.63) is 35.9 Å². The second-order valence-corrected chi connectivity index (χ2v) is 9.14. The lowest BCUT2D eigenvalue weighted by molar-refractivity contribution is -0.336. The highest BCUT2D eigenvalue weighted by atomic mass is 16.7. The van der Waals surface area contributed by atoms with Crippen molar-refractivity contribution in [3.63, 3.8) is 0 Å². The summed E-state index contributed by atoms with van der Waals surface area (Å²) in [6, 6.07) is 10.4. The van der Waals surface area contributed by atoms with Crippen LogP contribution in [0.15, 0.2) is 30.3 Å². The van der Waals surface area contributed by atoms with Gasteiger partial charge in [-0.05, 0) is 45.6 Å². The van der Waals surface area contributed by atoms with Crippen LogP contribution in [0, 0.1) is 5.92 Å². The van der Waals surface area contributed by atoms with Crippen molar-refractivity contribution in [2.45, 2.75) is 110 Å². The van der Waals surface area contributed by atoms with Gasteiger partial charge in [0.1, 0.15) is 12.2 Å². The third kappa shape index (κ3) is 5.21. The Morgan fingerprint density at radius 1 is 1.17 bits per heavy atom. The topological polar surface area (TPSA) is 38.8 Å². The van der Waals surface area contributed by atoms with Crippen LogP contribution in [0.5, 0.6) is 0 Å². The van der Waals surface area contributed by atoms with E-state index in [1.54, 1.807) is 0 Å². The Bertz CT molecular complexity index is 649. The molecule has 1 aromatic rings. The molecule has 2 rings (SSSR count). The molecule has 0 bridgehead atoms. The number of carbonyl (C=O) groups is 1.